The molecule has 0 radical (unpaired) electrons. The summed E-state index contributed by atoms with van der Waals surface area (Å²) < 4.78 is 0. The summed E-state index contributed by atoms with van der Waals surface area (Å²) in [5, 5.41) is 34.5. The number of carbonyl (C=O) groups is 3. The number of hydrogen-bond acceptors (Lipinski definition) is 8. The number of nitriles is 2. The van der Waals surface area contributed by atoms with Crippen LogP contribution in [0.2, 0.25) is 0 Å². The molecule has 11 heteroatoms. The molecule has 10 nitrogen and oxygen atoms in total. The highest BCUT2D eigenvalue weighted by Crippen LogP contribution is 2.39. The van der Waals surface area contributed by atoms with Crippen molar-refractivity contribution in [1.82, 2.24) is 10.2 Å². The second kappa shape index (κ2) is 12.7. The Bertz CT molecular complexity index is 944. The molecule has 0 bridgehead atoms. The Hall–Kier alpha value is -3.28. The summed E-state index contributed by atoms with van der Waals surface area (Å²) in [5.74, 6) is -2.03. The quantitative estimate of drug-likeness (QED) is 0.349. The van der Waals surface area contributed by atoms with Gasteiger partial charge in [0.05, 0.1) is 22.8 Å². The Morgan fingerprint density at radius 2 is 2.03 bits per heavy atom. The van der Waals surface area contributed by atoms with E-state index in [-0.39, 0.29) is 35.4 Å². The molecule has 2 rings (SSSR count). The number of carbonyl (C=O) groups excluding carboxylic acids is 3. The van der Waals surface area contributed by atoms with E-state index >= 15 is 0 Å². The first-order valence-corrected chi connectivity index (χ1v) is 11.5. The monoisotopic (exact) mass is 472 g/mol. The first-order valence-electron chi connectivity index (χ1n) is 10.6. The second-order valence-electron chi connectivity index (χ2n) is 7.57. The lowest BCUT2D eigenvalue weighted by Crippen LogP contribution is -2.39. The average Bonchev–Trinajstić information content (AvgIpc) is 3.14. The van der Waals surface area contributed by atoms with E-state index in [9.17, 15) is 19.6 Å². The van der Waals surface area contributed by atoms with E-state index in [1.165, 1.54) is 11.8 Å². The molecule has 4 N–H and O–H groups in total. The fourth-order valence-corrected chi connectivity index (χ4v) is 5.15. The fraction of sp³-hybridized carbons (Fsp3) is 0.500. The number of aliphatic hydroxyl groups excluding tert-OH is 1. The Morgan fingerprint density at radius 1 is 1.30 bits per heavy atom. The number of benzene rings is 1. The van der Waals surface area contributed by atoms with Crippen molar-refractivity contribution < 1.29 is 19.5 Å². The van der Waals surface area contributed by atoms with Crippen LogP contribution in [0.4, 0.5) is 11.4 Å². The minimum Gasteiger partial charge on any atom is -0.387 e. The Labute approximate surface area is 197 Å². The number of rotatable bonds is 11. The van der Waals surface area contributed by atoms with Gasteiger partial charge in [-0.2, -0.15) is 10.5 Å². The second-order valence-corrected chi connectivity index (χ2v) is 8.90. The highest BCUT2D eigenvalue weighted by atomic mass is 32.2. The SMILES string of the molecule is CCN1C(=O)C(C(C)CNc2cccc(NC(=O)CO)c2)SC1CC(C#N)C(=O)NCC#N. The fourth-order valence-electron chi connectivity index (χ4n) is 3.49. The molecule has 1 heterocycles. The molecular weight excluding hydrogens is 444 g/mol. The number of aliphatic hydroxyl groups is 1. The standard InChI is InChI=1S/C22H28N6O4S/c1-3-28-19(9-15(11-24)21(31)25-8-7-23)33-20(22(28)32)14(2)12-26-16-5-4-6-17(10-16)27-18(30)13-29/h4-6,10,14-15,19-20,26,29H,3,8-9,12-13H2,1-2H3,(H,25,31)(H,27,30). The summed E-state index contributed by atoms with van der Waals surface area (Å²) in [6, 6.07) is 10.8. The third kappa shape index (κ3) is 7.11. The number of thioether (sulfide) groups is 1. The van der Waals surface area contributed by atoms with Gasteiger partial charge >= 0.3 is 0 Å². The summed E-state index contributed by atoms with van der Waals surface area (Å²) in [4.78, 5) is 38.2. The number of hydrogen-bond donors (Lipinski definition) is 4. The van der Waals surface area contributed by atoms with Gasteiger partial charge in [-0.25, -0.2) is 0 Å². The van der Waals surface area contributed by atoms with E-state index in [4.69, 9.17) is 10.4 Å². The molecular formula is C22H28N6O4S. The Morgan fingerprint density at radius 3 is 2.67 bits per heavy atom. The maximum Gasteiger partial charge on any atom is 0.250 e. The van der Waals surface area contributed by atoms with Crippen LogP contribution in [0.1, 0.15) is 20.3 Å². The molecule has 1 aliphatic rings. The van der Waals surface area contributed by atoms with Crippen molar-refractivity contribution >= 4 is 40.9 Å². The van der Waals surface area contributed by atoms with Gasteiger partial charge in [-0.15, -0.1) is 11.8 Å². The lowest BCUT2D eigenvalue weighted by Gasteiger charge is -2.23. The van der Waals surface area contributed by atoms with Gasteiger partial charge in [-0.05, 0) is 31.0 Å². The molecule has 33 heavy (non-hydrogen) atoms. The first kappa shape index (κ1) is 26.0. The summed E-state index contributed by atoms with van der Waals surface area (Å²) in [5.41, 5.74) is 1.31. The highest BCUT2D eigenvalue weighted by Gasteiger charge is 2.43. The van der Waals surface area contributed by atoms with Crippen molar-refractivity contribution in [3.63, 3.8) is 0 Å². The van der Waals surface area contributed by atoms with E-state index in [1.807, 2.05) is 32.1 Å². The molecule has 4 atom stereocenters. The Kier molecular flexibility index (Phi) is 9.98. The van der Waals surface area contributed by atoms with E-state index in [2.05, 4.69) is 16.0 Å². The molecule has 176 valence electrons. The topological polar surface area (TPSA) is 158 Å². The van der Waals surface area contributed by atoms with Crippen LogP contribution >= 0.6 is 11.8 Å². The van der Waals surface area contributed by atoms with Gasteiger partial charge in [0.15, 0.2) is 0 Å². The van der Waals surface area contributed by atoms with Crippen molar-refractivity contribution in [1.29, 1.82) is 10.5 Å². The van der Waals surface area contributed by atoms with Gasteiger partial charge in [0, 0.05) is 30.9 Å². The molecule has 1 aromatic carbocycles. The molecule has 1 fully saturated rings. The molecule has 4 unspecified atom stereocenters. The van der Waals surface area contributed by atoms with Gasteiger partial charge in [0.1, 0.15) is 19.1 Å². The molecule has 0 aromatic heterocycles. The van der Waals surface area contributed by atoms with Gasteiger partial charge in [0.2, 0.25) is 17.7 Å². The molecule has 0 saturated carbocycles. The van der Waals surface area contributed by atoms with Crippen LogP contribution in [0.25, 0.3) is 0 Å². The van der Waals surface area contributed by atoms with Gasteiger partial charge < -0.3 is 26.0 Å². The van der Waals surface area contributed by atoms with Crippen molar-refractivity contribution in [3.05, 3.63) is 24.3 Å². The van der Waals surface area contributed by atoms with Crippen LogP contribution in [0.5, 0.6) is 0 Å². The Balaban J connectivity index is 2.00. The van der Waals surface area contributed by atoms with Crippen LogP contribution in [0.3, 0.4) is 0 Å². The predicted molar refractivity (Wildman–Crippen MR) is 125 cm³/mol. The van der Waals surface area contributed by atoms with Crippen molar-refractivity contribution in [3.8, 4) is 12.1 Å². The summed E-state index contributed by atoms with van der Waals surface area (Å²) >= 11 is 1.45. The van der Waals surface area contributed by atoms with Crippen molar-refractivity contribution in [2.45, 2.75) is 30.9 Å². The molecule has 1 aliphatic heterocycles. The maximum atomic E-state index is 13.0. The predicted octanol–water partition coefficient (Wildman–Crippen LogP) is 1.13. The number of nitrogens with zero attached hydrogens (tertiary/aromatic N) is 3. The summed E-state index contributed by atoms with van der Waals surface area (Å²) in [6.45, 7) is 4.02. The highest BCUT2D eigenvalue weighted by molar-refractivity contribution is 8.01. The van der Waals surface area contributed by atoms with E-state index < -0.39 is 24.3 Å². The van der Waals surface area contributed by atoms with Crippen molar-refractivity contribution in [2.75, 3.05) is 36.9 Å². The van der Waals surface area contributed by atoms with E-state index in [0.29, 0.717) is 18.8 Å². The number of nitrogens with one attached hydrogen (secondary N) is 3. The smallest absolute Gasteiger partial charge is 0.250 e. The lowest BCUT2D eigenvalue weighted by molar-refractivity contribution is -0.131. The zero-order chi connectivity index (χ0) is 24.4. The molecule has 0 spiro atoms. The van der Waals surface area contributed by atoms with Gasteiger partial charge in [-0.1, -0.05) is 13.0 Å². The van der Waals surface area contributed by atoms with Crippen molar-refractivity contribution in [2.24, 2.45) is 11.8 Å². The van der Waals surface area contributed by atoms with E-state index in [0.717, 1.165) is 5.69 Å². The zero-order valence-electron chi connectivity index (χ0n) is 18.6. The maximum absolute atomic E-state index is 13.0. The third-order valence-electron chi connectivity index (χ3n) is 5.20. The van der Waals surface area contributed by atoms with Crippen LogP contribution in [-0.2, 0) is 14.4 Å². The minimum atomic E-state index is -0.943. The summed E-state index contributed by atoms with van der Waals surface area (Å²) in [7, 11) is 0. The van der Waals surface area contributed by atoms with Crippen LogP contribution in [0, 0.1) is 34.5 Å². The average molecular weight is 473 g/mol. The minimum absolute atomic E-state index is 0.0279. The molecule has 1 aromatic rings. The van der Waals surface area contributed by atoms with Gasteiger partial charge in [-0.3, -0.25) is 14.4 Å². The normalized spacial score (nSPS) is 19.2. The summed E-state index contributed by atoms with van der Waals surface area (Å²) in [6.07, 6.45) is 0.196. The molecule has 1 saturated heterocycles. The van der Waals surface area contributed by atoms with E-state index in [1.54, 1.807) is 23.1 Å². The number of amides is 3. The lowest BCUT2D eigenvalue weighted by atomic mass is 10.0. The number of anilines is 2. The van der Waals surface area contributed by atoms with Gasteiger partial charge in [0.25, 0.3) is 0 Å². The molecule has 3 amide bonds. The van der Waals surface area contributed by atoms with Crippen LogP contribution < -0.4 is 16.0 Å². The van der Waals surface area contributed by atoms with Crippen LogP contribution in [0.15, 0.2) is 24.3 Å². The van der Waals surface area contributed by atoms with Crippen LogP contribution in [-0.4, -0.2) is 64.6 Å². The zero-order valence-corrected chi connectivity index (χ0v) is 19.4. The first-order chi connectivity index (χ1) is 15.8. The molecule has 0 aliphatic carbocycles. The largest absolute Gasteiger partial charge is 0.387 e. The third-order valence-corrected chi connectivity index (χ3v) is 6.93.